The lowest BCUT2D eigenvalue weighted by atomic mass is 10.0. The third-order valence-electron chi connectivity index (χ3n) is 5.40. The number of fused-ring (bicyclic) bond motifs is 1. The molecule has 1 aliphatic heterocycles. The smallest absolute Gasteiger partial charge is 0.407 e. The molecule has 0 aliphatic carbocycles. The fourth-order valence-corrected chi connectivity index (χ4v) is 4.39. The van der Waals surface area contributed by atoms with Crippen molar-refractivity contribution in [2.24, 2.45) is 0 Å². The zero-order chi connectivity index (χ0) is 20.4. The number of pyridine rings is 2. The van der Waals surface area contributed by atoms with E-state index in [0.29, 0.717) is 13.1 Å². The first-order chi connectivity index (χ1) is 14.0. The molecule has 0 saturated carbocycles. The van der Waals surface area contributed by atoms with Crippen molar-refractivity contribution < 1.29 is 9.90 Å². The van der Waals surface area contributed by atoms with Gasteiger partial charge in [-0.25, -0.2) is 9.78 Å². The fourth-order valence-electron chi connectivity index (χ4n) is 3.83. The number of aromatic amines is 1. The number of piperidine rings is 1. The summed E-state index contributed by atoms with van der Waals surface area (Å²) in [5, 5.41) is 13.9. The van der Waals surface area contributed by atoms with Crippen LogP contribution in [-0.4, -0.2) is 57.2 Å². The Kier molecular flexibility index (Phi) is 5.57. The molecule has 3 N–H and O–H groups in total. The lowest BCUT2D eigenvalue weighted by Crippen LogP contribution is -2.48. The summed E-state index contributed by atoms with van der Waals surface area (Å²) < 4.78 is 0.896. The van der Waals surface area contributed by atoms with E-state index in [-0.39, 0.29) is 6.04 Å². The van der Waals surface area contributed by atoms with Crippen LogP contribution in [0.5, 0.6) is 0 Å². The van der Waals surface area contributed by atoms with Gasteiger partial charge in [0.05, 0.1) is 27.3 Å². The van der Waals surface area contributed by atoms with Gasteiger partial charge in [-0.05, 0) is 40.4 Å². The number of H-pyrrole nitrogens is 1. The van der Waals surface area contributed by atoms with E-state index >= 15 is 0 Å². The number of hydrogen-bond donors (Lipinski definition) is 3. The number of carboxylic acid groups (broad SMARTS) is 1. The maximum atomic E-state index is 11.4. The number of aromatic nitrogens is 3. The van der Waals surface area contributed by atoms with E-state index in [1.165, 1.54) is 4.90 Å². The minimum absolute atomic E-state index is 0.0397. The third kappa shape index (κ3) is 4.00. The van der Waals surface area contributed by atoms with Crippen molar-refractivity contribution in [3.63, 3.8) is 0 Å². The van der Waals surface area contributed by atoms with E-state index in [9.17, 15) is 9.90 Å². The highest BCUT2D eigenvalue weighted by atomic mass is 79.9. The van der Waals surface area contributed by atoms with E-state index in [4.69, 9.17) is 0 Å². The van der Waals surface area contributed by atoms with Crippen LogP contribution in [0.2, 0.25) is 0 Å². The average Bonchev–Trinajstić information content (AvgIpc) is 3.15. The summed E-state index contributed by atoms with van der Waals surface area (Å²) in [5.74, 6) is 0. The summed E-state index contributed by atoms with van der Waals surface area (Å²) in [7, 11) is 1.64. The largest absolute Gasteiger partial charge is 0.465 e. The molecule has 29 heavy (non-hydrogen) atoms. The van der Waals surface area contributed by atoms with E-state index in [0.717, 1.165) is 51.8 Å². The summed E-state index contributed by atoms with van der Waals surface area (Å²) in [5.41, 5.74) is 3.88. The van der Waals surface area contributed by atoms with Crippen LogP contribution in [0, 0.1) is 0 Å². The van der Waals surface area contributed by atoms with Gasteiger partial charge in [-0.1, -0.05) is 6.07 Å². The SMILES string of the molecule is CN(C(=O)O)C1CCCN(c2c(Br)cnc3[nH]cc(NCc4cccnc4)c23)C1. The number of likely N-dealkylation sites (N-methyl/N-ethyl adjacent to an activating group) is 1. The lowest BCUT2D eigenvalue weighted by Gasteiger charge is -2.38. The Morgan fingerprint density at radius 2 is 2.34 bits per heavy atom. The Bertz CT molecular complexity index is 1010. The van der Waals surface area contributed by atoms with Crippen LogP contribution in [-0.2, 0) is 6.54 Å². The number of carbonyl (C=O) groups is 1. The standard InChI is InChI=1S/C20H23BrN6O2/c1-26(20(28)29)14-5-3-7-27(12-14)18-15(21)10-24-19-17(18)16(11-25-19)23-9-13-4-2-6-22-8-13/h2,4,6,8,10-11,14,23H,3,5,7,9,12H2,1H3,(H,24,25)(H,28,29). The van der Waals surface area contributed by atoms with Gasteiger partial charge in [0.25, 0.3) is 0 Å². The number of rotatable bonds is 5. The average molecular weight is 459 g/mol. The van der Waals surface area contributed by atoms with E-state index in [2.05, 4.69) is 41.1 Å². The van der Waals surface area contributed by atoms with E-state index in [1.807, 2.05) is 24.5 Å². The second-order valence-corrected chi connectivity index (χ2v) is 8.09. The van der Waals surface area contributed by atoms with Crippen molar-refractivity contribution in [3.05, 3.63) is 47.0 Å². The second kappa shape index (κ2) is 8.28. The number of hydrogen-bond acceptors (Lipinski definition) is 5. The zero-order valence-corrected chi connectivity index (χ0v) is 17.7. The third-order valence-corrected chi connectivity index (χ3v) is 5.98. The maximum Gasteiger partial charge on any atom is 0.407 e. The second-order valence-electron chi connectivity index (χ2n) is 7.23. The quantitative estimate of drug-likeness (QED) is 0.536. The molecule has 3 aromatic rings. The van der Waals surface area contributed by atoms with Crippen LogP contribution in [0.15, 0.2) is 41.4 Å². The fraction of sp³-hybridized carbons (Fsp3) is 0.350. The summed E-state index contributed by atoms with van der Waals surface area (Å²) in [6.45, 7) is 2.17. The van der Waals surface area contributed by atoms with Crippen LogP contribution in [0.25, 0.3) is 11.0 Å². The minimum Gasteiger partial charge on any atom is -0.465 e. The van der Waals surface area contributed by atoms with Crippen molar-refractivity contribution in [1.29, 1.82) is 0 Å². The van der Waals surface area contributed by atoms with Crippen molar-refractivity contribution >= 4 is 44.4 Å². The molecule has 1 unspecified atom stereocenters. The van der Waals surface area contributed by atoms with Crippen molar-refractivity contribution in [2.75, 3.05) is 30.4 Å². The summed E-state index contributed by atoms with van der Waals surface area (Å²) in [4.78, 5) is 27.0. The Morgan fingerprint density at radius 3 is 3.10 bits per heavy atom. The first-order valence-corrected chi connectivity index (χ1v) is 10.3. The van der Waals surface area contributed by atoms with E-state index in [1.54, 1.807) is 19.4 Å². The van der Waals surface area contributed by atoms with Crippen molar-refractivity contribution in [2.45, 2.75) is 25.4 Å². The molecule has 0 spiro atoms. The summed E-state index contributed by atoms with van der Waals surface area (Å²) >= 11 is 3.67. The number of halogens is 1. The topological polar surface area (TPSA) is 97.4 Å². The Morgan fingerprint density at radius 1 is 1.48 bits per heavy atom. The normalized spacial score (nSPS) is 16.8. The molecule has 1 amide bonds. The van der Waals surface area contributed by atoms with Gasteiger partial charge in [0.15, 0.2) is 0 Å². The molecule has 4 heterocycles. The Hall–Kier alpha value is -2.81. The molecule has 9 heteroatoms. The number of amides is 1. The van der Waals surface area contributed by atoms with Crippen LogP contribution in [0.1, 0.15) is 18.4 Å². The first-order valence-electron chi connectivity index (χ1n) is 9.53. The number of nitrogens with zero attached hydrogens (tertiary/aromatic N) is 4. The molecule has 3 aromatic heterocycles. The molecule has 0 aromatic carbocycles. The molecule has 1 aliphatic rings. The number of nitrogens with one attached hydrogen (secondary N) is 2. The van der Waals surface area contributed by atoms with Gasteiger partial charge in [0.1, 0.15) is 5.65 Å². The first kappa shape index (κ1) is 19.5. The highest BCUT2D eigenvalue weighted by Gasteiger charge is 2.28. The highest BCUT2D eigenvalue weighted by molar-refractivity contribution is 9.10. The Balaban J connectivity index is 1.65. The van der Waals surface area contributed by atoms with Gasteiger partial charge >= 0.3 is 6.09 Å². The van der Waals surface area contributed by atoms with Gasteiger partial charge in [0.2, 0.25) is 0 Å². The van der Waals surface area contributed by atoms with Gasteiger partial charge in [-0.15, -0.1) is 0 Å². The van der Waals surface area contributed by atoms with Crippen LogP contribution in [0.3, 0.4) is 0 Å². The van der Waals surface area contributed by atoms with Crippen molar-refractivity contribution in [1.82, 2.24) is 19.9 Å². The highest BCUT2D eigenvalue weighted by Crippen LogP contribution is 2.39. The molecular formula is C20H23BrN6O2. The predicted octanol–water partition coefficient (Wildman–Crippen LogP) is 3.91. The van der Waals surface area contributed by atoms with Crippen LogP contribution in [0.4, 0.5) is 16.2 Å². The zero-order valence-electron chi connectivity index (χ0n) is 16.1. The minimum atomic E-state index is -0.892. The molecule has 1 fully saturated rings. The number of anilines is 2. The van der Waals surface area contributed by atoms with Gasteiger partial charge in [0, 0.05) is 51.5 Å². The predicted molar refractivity (Wildman–Crippen MR) is 116 cm³/mol. The molecule has 1 atom stereocenters. The molecule has 0 radical (unpaired) electrons. The molecule has 0 bridgehead atoms. The maximum absolute atomic E-state index is 11.4. The molecule has 4 rings (SSSR count). The van der Waals surface area contributed by atoms with E-state index < -0.39 is 6.09 Å². The monoisotopic (exact) mass is 458 g/mol. The summed E-state index contributed by atoms with van der Waals surface area (Å²) in [6.07, 6.45) is 8.23. The van der Waals surface area contributed by atoms with Crippen LogP contribution < -0.4 is 10.2 Å². The van der Waals surface area contributed by atoms with Gasteiger partial charge in [-0.3, -0.25) is 4.98 Å². The van der Waals surface area contributed by atoms with Crippen LogP contribution >= 0.6 is 15.9 Å². The lowest BCUT2D eigenvalue weighted by molar-refractivity contribution is 0.133. The van der Waals surface area contributed by atoms with Crippen molar-refractivity contribution in [3.8, 4) is 0 Å². The molecular weight excluding hydrogens is 436 g/mol. The van der Waals surface area contributed by atoms with Gasteiger partial charge in [-0.2, -0.15) is 0 Å². The molecule has 152 valence electrons. The Labute approximate surface area is 177 Å². The molecule has 1 saturated heterocycles. The van der Waals surface area contributed by atoms with Gasteiger partial charge < -0.3 is 25.2 Å². The molecule has 8 nitrogen and oxygen atoms in total. The summed E-state index contributed by atoms with van der Waals surface area (Å²) in [6, 6.07) is 3.91.